The minimum atomic E-state index is 0.649. The first-order valence-electron chi connectivity index (χ1n) is 6.55. The summed E-state index contributed by atoms with van der Waals surface area (Å²) in [5.74, 6) is 2.96. The molecule has 5 nitrogen and oxygen atoms in total. The van der Waals surface area contributed by atoms with Gasteiger partial charge in [-0.1, -0.05) is 0 Å². The van der Waals surface area contributed by atoms with Crippen molar-refractivity contribution < 1.29 is 0 Å². The summed E-state index contributed by atoms with van der Waals surface area (Å²) >= 11 is 0. The Hall–Kier alpha value is -0.940. The highest BCUT2D eigenvalue weighted by Gasteiger charge is 2.29. The number of nitrogens with zero attached hydrogens (tertiary/aromatic N) is 4. The van der Waals surface area contributed by atoms with E-state index in [0.29, 0.717) is 12.0 Å². The molecule has 1 aliphatic heterocycles. The molecule has 94 valence electrons. The first kappa shape index (κ1) is 11.2. The Morgan fingerprint density at radius 2 is 2.18 bits per heavy atom. The van der Waals surface area contributed by atoms with Gasteiger partial charge in [-0.05, 0) is 32.9 Å². The second-order valence-corrected chi connectivity index (χ2v) is 5.37. The maximum Gasteiger partial charge on any atom is 0.146 e. The second kappa shape index (κ2) is 4.38. The first-order chi connectivity index (χ1) is 8.25. The molecule has 5 heteroatoms. The van der Waals surface area contributed by atoms with Crippen molar-refractivity contribution in [3.8, 4) is 0 Å². The number of hydrogen-bond donors (Lipinski definition) is 1. The van der Waals surface area contributed by atoms with Gasteiger partial charge in [-0.3, -0.25) is 4.90 Å². The molecule has 1 aliphatic carbocycles. The highest BCUT2D eigenvalue weighted by atomic mass is 15.3. The van der Waals surface area contributed by atoms with E-state index >= 15 is 0 Å². The standard InChI is InChI=1S/C12H21N5/c1-16(10-5-6-13-7-10)8-11-14-15-12(17(11)2)9-3-4-9/h9-10,13H,3-8H2,1-2H3/t10-/m1/s1. The van der Waals surface area contributed by atoms with Crippen molar-refractivity contribution in [2.75, 3.05) is 20.1 Å². The number of likely N-dealkylation sites (N-methyl/N-ethyl adjacent to an activating group) is 1. The molecule has 0 bridgehead atoms. The van der Waals surface area contributed by atoms with E-state index in [4.69, 9.17) is 0 Å². The molecule has 2 heterocycles. The Morgan fingerprint density at radius 3 is 2.82 bits per heavy atom. The molecule has 1 aromatic rings. The normalized spacial score (nSPS) is 24.8. The minimum absolute atomic E-state index is 0.649. The summed E-state index contributed by atoms with van der Waals surface area (Å²) in [6.07, 6.45) is 3.81. The van der Waals surface area contributed by atoms with Crippen LogP contribution in [0, 0.1) is 0 Å². The zero-order valence-electron chi connectivity index (χ0n) is 10.7. The third-order valence-electron chi connectivity index (χ3n) is 3.99. The van der Waals surface area contributed by atoms with Crippen molar-refractivity contribution in [2.24, 2.45) is 7.05 Å². The second-order valence-electron chi connectivity index (χ2n) is 5.37. The van der Waals surface area contributed by atoms with Gasteiger partial charge < -0.3 is 9.88 Å². The summed E-state index contributed by atoms with van der Waals surface area (Å²) in [7, 11) is 4.28. The average Bonchev–Trinajstić information content (AvgIpc) is 2.89. The first-order valence-corrected chi connectivity index (χ1v) is 6.55. The fourth-order valence-electron chi connectivity index (χ4n) is 2.58. The van der Waals surface area contributed by atoms with Gasteiger partial charge >= 0.3 is 0 Å². The molecule has 0 amide bonds. The van der Waals surface area contributed by atoms with Gasteiger partial charge in [-0.2, -0.15) is 0 Å². The number of aromatic nitrogens is 3. The smallest absolute Gasteiger partial charge is 0.146 e. The van der Waals surface area contributed by atoms with E-state index in [1.54, 1.807) is 0 Å². The third kappa shape index (κ3) is 2.21. The Balaban J connectivity index is 1.67. The van der Waals surface area contributed by atoms with E-state index < -0.39 is 0 Å². The molecule has 1 saturated carbocycles. The maximum absolute atomic E-state index is 4.34. The molecular formula is C12H21N5. The molecule has 3 rings (SSSR count). The van der Waals surface area contributed by atoms with Crippen LogP contribution in [0.1, 0.15) is 36.8 Å². The predicted molar refractivity (Wildman–Crippen MR) is 65.7 cm³/mol. The lowest BCUT2D eigenvalue weighted by Gasteiger charge is -2.22. The molecule has 2 fully saturated rings. The van der Waals surface area contributed by atoms with Crippen molar-refractivity contribution in [3.05, 3.63) is 11.6 Å². The molecule has 1 atom stereocenters. The molecule has 0 radical (unpaired) electrons. The Bertz CT molecular complexity index is 390. The van der Waals surface area contributed by atoms with Crippen LogP contribution < -0.4 is 5.32 Å². The monoisotopic (exact) mass is 235 g/mol. The van der Waals surface area contributed by atoms with Crippen molar-refractivity contribution >= 4 is 0 Å². The van der Waals surface area contributed by atoms with Gasteiger partial charge in [-0.25, -0.2) is 0 Å². The van der Waals surface area contributed by atoms with Crippen LogP contribution in [0.2, 0.25) is 0 Å². The van der Waals surface area contributed by atoms with Crippen LogP contribution >= 0.6 is 0 Å². The Labute approximate surface area is 102 Å². The molecule has 1 saturated heterocycles. The number of hydrogen-bond acceptors (Lipinski definition) is 4. The summed E-state index contributed by atoms with van der Waals surface area (Å²) in [4.78, 5) is 2.39. The summed E-state index contributed by atoms with van der Waals surface area (Å²) in [6.45, 7) is 3.15. The molecule has 0 spiro atoms. The van der Waals surface area contributed by atoms with E-state index in [1.165, 1.54) is 25.1 Å². The van der Waals surface area contributed by atoms with Crippen LogP contribution in [0.5, 0.6) is 0 Å². The lowest BCUT2D eigenvalue weighted by molar-refractivity contribution is 0.240. The highest BCUT2D eigenvalue weighted by molar-refractivity contribution is 5.07. The van der Waals surface area contributed by atoms with Gasteiger partial charge in [0.1, 0.15) is 11.6 Å². The summed E-state index contributed by atoms with van der Waals surface area (Å²) in [5.41, 5.74) is 0. The van der Waals surface area contributed by atoms with Crippen molar-refractivity contribution in [1.82, 2.24) is 25.0 Å². The summed E-state index contributed by atoms with van der Waals surface area (Å²) in [6, 6.07) is 0.649. The van der Waals surface area contributed by atoms with Gasteiger partial charge in [0, 0.05) is 25.6 Å². The SMILES string of the molecule is CN(Cc1nnc(C2CC2)n1C)[C@@H]1CCNC1. The van der Waals surface area contributed by atoms with E-state index in [0.717, 1.165) is 25.5 Å². The van der Waals surface area contributed by atoms with Crippen LogP contribution in [0.3, 0.4) is 0 Å². The van der Waals surface area contributed by atoms with E-state index in [9.17, 15) is 0 Å². The van der Waals surface area contributed by atoms with Gasteiger partial charge in [0.2, 0.25) is 0 Å². The van der Waals surface area contributed by atoms with Gasteiger partial charge in [0.15, 0.2) is 0 Å². The Morgan fingerprint density at radius 1 is 1.35 bits per heavy atom. The van der Waals surface area contributed by atoms with E-state index in [-0.39, 0.29) is 0 Å². The fourth-order valence-corrected chi connectivity index (χ4v) is 2.58. The maximum atomic E-state index is 4.34. The topological polar surface area (TPSA) is 46.0 Å². The van der Waals surface area contributed by atoms with Crippen LogP contribution in [0.4, 0.5) is 0 Å². The van der Waals surface area contributed by atoms with Gasteiger partial charge in [0.25, 0.3) is 0 Å². The molecule has 2 aliphatic rings. The van der Waals surface area contributed by atoms with E-state index in [2.05, 4.69) is 39.1 Å². The molecule has 1 aromatic heterocycles. The highest BCUT2D eigenvalue weighted by Crippen LogP contribution is 2.38. The quantitative estimate of drug-likeness (QED) is 0.825. The van der Waals surface area contributed by atoms with Crippen LogP contribution in [0.15, 0.2) is 0 Å². The van der Waals surface area contributed by atoms with E-state index in [1.807, 2.05) is 0 Å². The largest absolute Gasteiger partial charge is 0.317 e. The molecule has 0 unspecified atom stereocenters. The van der Waals surface area contributed by atoms with Gasteiger partial charge in [-0.15, -0.1) is 10.2 Å². The number of rotatable bonds is 4. The Kier molecular flexibility index (Phi) is 2.88. The summed E-state index contributed by atoms with van der Waals surface area (Å²) < 4.78 is 2.19. The average molecular weight is 235 g/mol. The van der Waals surface area contributed by atoms with Crippen molar-refractivity contribution in [3.63, 3.8) is 0 Å². The molecule has 0 aromatic carbocycles. The van der Waals surface area contributed by atoms with Crippen LogP contribution in [-0.4, -0.2) is 45.8 Å². The summed E-state index contributed by atoms with van der Waals surface area (Å²) in [5, 5.41) is 12.1. The zero-order valence-corrected chi connectivity index (χ0v) is 10.7. The third-order valence-corrected chi connectivity index (χ3v) is 3.99. The van der Waals surface area contributed by atoms with Crippen LogP contribution in [0.25, 0.3) is 0 Å². The van der Waals surface area contributed by atoms with Crippen LogP contribution in [-0.2, 0) is 13.6 Å². The lowest BCUT2D eigenvalue weighted by atomic mass is 10.2. The number of nitrogens with one attached hydrogen (secondary N) is 1. The zero-order chi connectivity index (χ0) is 11.8. The lowest BCUT2D eigenvalue weighted by Crippen LogP contribution is -2.33. The predicted octanol–water partition coefficient (Wildman–Crippen LogP) is 0.486. The van der Waals surface area contributed by atoms with Crippen molar-refractivity contribution in [1.29, 1.82) is 0 Å². The molecular weight excluding hydrogens is 214 g/mol. The van der Waals surface area contributed by atoms with Gasteiger partial charge in [0.05, 0.1) is 6.54 Å². The van der Waals surface area contributed by atoms with Crippen molar-refractivity contribution in [2.45, 2.75) is 37.8 Å². The molecule has 17 heavy (non-hydrogen) atoms. The fraction of sp³-hybridized carbons (Fsp3) is 0.833. The molecule has 1 N–H and O–H groups in total. The minimum Gasteiger partial charge on any atom is -0.317 e.